The van der Waals surface area contributed by atoms with Crippen LogP contribution in [0.4, 0.5) is 4.39 Å². The fraction of sp³-hybridized carbons (Fsp3) is 0.400. The average molecular weight is 244 g/mol. The summed E-state index contributed by atoms with van der Waals surface area (Å²) in [6.45, 7) is 0.753. The molecule has 0 bridgehead atoms. The van der Waals surface area contributed by atoms with Crippen molar-refractivity contribution in [3.63, 3.8) is 0 Å². The topological polar surface area (TPSA) is 12.0 Å². The fourth-order valence-corrected chi connectivity index (χ4v) is 1.63. The van der Waals surface area contributed by atoms with E-state index in [1.54, 1.807) is 6.07 Å². The van der Waals surface area contributed by atoms with E-state index >= 15 is 0 Å². The second kappa shape index (κ2) is 3.76. The first-order valence-corrected chi connectivity index (χ1v) is 5.23. The zero-order valence-corrected chi connectivity index (χ0v) is 8.77. The molecule has 70 valence electrons. The van der Waals surface area contributed by atoms with Gasteiger partial charge in [-0.1, -0.05) is 12.1 Å². The third-order valence-corrected chi connectivity index (χ3v) is 3.08. The maximum absolute atomic E-state index is 13.0. The Morgan fingerprint density at radius 3 is 2.92 bits per heavy atom. The summed E-state index contributed by atoms with van der Waals surface area (Å²) < 4.78 is 13.6. The van der Waals surface area contributed by atoms with Gasteiger partial charge in [-0.05, 0) is 40.4 Å². The molecule has 1 N–H and O–H groups in total. The molecule has 0 amide bonds. The quantitative estimate of drug-likeness (QED) is 0.862. The van der Waals surface area contributed by atoms with Gasteiger partial charge in [-0.3, -0.25) is 0 Å². The second-order valence-electron chi connectivity index (χ2n) is 3.37. The molecule has 2 rings (SSSR count). The highest BCUT2D eigenvalue weighted by Crippen LogP contribution is 2.23. The molecule has 1 nitrogen and oxygen atoms in total. The van der Waals surface area contributed by atoms with Crippen LogP contribution in [0.2, 0.25) is 0 Å². The highest BCUT2D eigenvalue weighted by atomic mass is 79.9. The van der Waals surface area contributed by atoms with Crippen LogP contribution in [-0.2, 0) is 6.54 Å². The minimum Gasteiger partial charge on any atom is -0.310 e. The van der Waals surface area contributed by atoms with Gasteiger partial charge in [-0.2, -0.15) is 0 Å². The lowest BCUT2D eigenvalue weighted by molar-refractivity contribution is 0.611. The Labute approximate surface area is 85.5 Å². The van der Waals surface area contributed by atoms with Gasteiger partial charge < -0.3 is 5.32 Å². The zero-order valence-electron chi connectivity index (χ0n) is 7.19. The molecule has 3 heteroatoms. The summed E-state index contributed by atoms with van der Waals surface area (Å²) in [6.07, 6.45) is 2.51. The molecule has 0 unspecified atom stereocenters. The van der Waals surface area contributed by atoms with Crippen LogP contribution < -0.4 is 5.32 Å². The Kier molecular flexibility index (Phi) is 2.65. The van der Waals surface area contributed by atoms with Crippen molar-refractivity contribution >= 4 is 15.9 Å². The summed E-state index contributed by atoms with van der Waals surface area (Å²) in [5, 5.41) is 3.34. The van der Waals surface area contributed by atoms with Gasteiger partial charge in [0.05, 0.1) is 4.47 Å². The van der Waals surface area contributed by atoms with Gasteiger partial charge in [0.1, 0.15) is 5.82 Å². The van der Waals surface area contributed by atoms with E-state index in [0.29, 0.717) is 10.5 Å². The van der Waals surface area contributed by atoms with Crippen LogP contribution in [0.25, 0.3) is 0 Å². The number of benzene rings is 1. The van der Waals surface area contributed by atoms with Crippen molar-refractivity contribution in [3.05, 3.63) is 34.1 Å². The lowest BCUT2D eigenvalue weighted by Gasteiger charge is -2.05. The van der Waals surface area contributed by atoms with Gasteiger partial charge in [-0.25, -0.2) is 4.39 Å². The van der Waals surface area contributed by atoms with Crippen molar-refractivity contribution in [2.45, 2.75) is 25.4 Å². The third-order valence-electron chi connectivity index (χ3n) is 2.19. The highest BCUT2D eigenvalue weighted by molar-refractivity contribution is 9.10. The molecular weight excluding hydrogens is 233 g/mol. The Bertz CT molecular complexity index is 310. The first-order chi connectivity index (χ1) is 6.27. The van der Waals surface area contributed by atoms with Gasteiger partial charge in [0, 0.05) is 12.6 Å². The van der Waals surface area contributed by atoms with Crippen molar-refractivity contribution in [3.8, 4) is 0 Å². The standard InChI is InChI=1S/C10H11BrFN/c11-10-7(2-1-3-9(10)12)6-13-8-4-5-8/h1-3,8,13H,4-6H2. The van der Waals surface area contributed by atoms with Gasteiger partial charge in [0.15, 0.2) is 0 Å². The van der Waals surface area contributed by atoms with Gasteiger partial charge >= 0.3 is 0 Å². The summed E-state index contributed by atoms with van der Waals surface area (Å²) in [4.78, 5) is 0. The predicted octanol–water partition coefficient (Wildman–Crippen LogP) is 2.84. The van der Waals surface area contributed by atoms with Crippen LogP contribution in [0.5, 0.6) is 0 Å². The molecule has 1 aliphatic carbocycles. The Hall–Kier alpha value is -0.410. The monoisotopic (exact) mass is 243 g/mol. The minimum absolute atomic E-state index is 0.185. The van der Waals surface area contributed by atoms with E-state index in [-0.39, 0.29) is 5.82 Å². The van der Waals surface area contributed by atoms with Crippen LogP contribution >= 0.6 is 15.9 Å². The summed E-state index contributed by atoms with van der Waals surface area (Å²) >= 11 is 3.24. The van der Waals surface area contributed by atoms with E-state index in [4.69, 9.17) is 0 Å². The Balaban J connectivity index is 2.05. The SMILES string of the molecule is Fc1cccc(CNC2CC2)c1Br. The fourth-order valence-electron chi connectivity index (χ4n) is 1.23. The van der Waals surface area contributed by atoms with E-state index < -0.39 is 0 Å². The lowest BCUT2D eigenvalue weighted by Crippen LogP contribution is -2.15. The minimum atomic E-state index is -0.185. The van der Waals surface area contributed by atoms with Crippen molar-refractivity contribution in [2.24, 2.45) is 0 Å². The molecule has 0 aliphatic heterocycles. The van der Waals surface area contributed by atoms with E-state index in [1.807, 2.05) is 6.07 Å². The first kappa shape index (κ1) is 9.16. The van der Waals surface area contributed by atoms with Gasteiger partial charge in [0.2, 0.25) is 0 Å². The predicted molar refractivity (Wildman–Crippen MR) is 54.0 cm³/mol. The smallest absolute Gasteiger partial charge is 0.137 e. The molecule has 0 aromatic heterocycles. The van der Waals surface area contributed by atoms with Crippen molar-refractivity contribution in [1.29, 1.82) is 0 Å². The van der Waals surface area contributed by atoms with Crippen LogP contribution in [0.3, 0.4) is 0 Å². The number of hydrogen-bond donors (Lipinski definition) is 1. The van der Waals surface area contributed by atoms with Crippen LogP contribution in [0.1, 0.15) is 18.4 Å². The Morgan fingerprint density at radius 1 is 1.46 bits per heavy atom. The summed E-state index contributed by atoms with van der Waals surface area (Å²) in [5.74, 6) is -0.185. The molecule has 0 saturated heterocycles. The molecule has 0 atom stereocenters. The molecule has 1 aromatic carbocycles. The van der Waals surface area contributed by atoms with Gasteiger partial charge in [-0.15, -0.1) is 0 Å². The van der Waals surface area contributed by atoms with Crippen LogP contribution in [0.15, 0.2) is 22.7 Å². The summed E-state index contributed by atoms with van der Waals surface area (Å²) in [7, 11) is 0. The molecule has 1 aliphatic rings. The van der Waals surface area contributed by atoms with E-state index in [2.05, 4.69) is 21.2 Å². The second-order valence-corrected chi connectivity index (χ2v) is 4.16. The van der Waals surface area contributed by atoms with Crippen molar-refractivity contribution in [1.82, 2.24) is 5.32 Å². The third kappa shape index (κ3) is 2.29. The van der Waals surface area contributed by atoms with Crippen molar-refractivity contribution in [2.75, 3.05) is 0 Å². The summed E-state index contributed by atoms with van der Waals surface area (Å²) in [5.41, 5.74) is 0.993. The van der Waals surface area contributed by atoms with E-state index in [0.717, 1.165) is 12.1 Å². The molecule has 0 radical (unpaired) electrons. The largest absolute Gasteiger partial charge is 0.310 e. The summed E-state index contributed by atoms with van der Waals surface area (Å²) in [6, 6.07) is 5.80. The molecule has 1 saturated carbocycles. The molecular formula is C10H11BrFN. The molecule has 13 heavy (non-hydrogen) atoms. The lowest BCUT2D eigenvalue weighted by atomic mass is 10.2. The molecule has 1 fully saturated rings. The molecule has 1 aromatic rings. The number of nitrogens with one attached hydrogen (secondary N) is 1. The number of halogens is 2. The van der Waals surface area contributed by atoms with Crippen LogP contribution in [-0.4, -0.2) is 6.04 Å². The maximum Gasteiger partial charge on any atom is 0.137 e. The highest BCUT2D eigenvalue weighted by Gasteiger charge is 2.20. The normalized spacial score (nSPS) is 16.2. The molecule has 0 heterocycles. The van der Waals surface area contributed by atoms with Crippen molar-refractivity contribution < 1.29 is 4.39 Å². The maximum atomic E-state index is 13.0. The van der Waals surface area contributed by atoms with Gasteiger partial charge in [0.25, 0.3) is 0 Å². The Morgan fingerprint density at radius 2 is 2.23 bits per heavy atom. The van der Waals surface area contributed by atoms with E-state index in [9.17, 15) is 4.39 Å². The average Bonchev–Trinajstić information content (AvgIpc) is 2.91. The number of hydrogen-bond acceptors (Lipinski definition) is 1. The zero-order chi connectivity index (χ0) is 9.26. The number of rotatable bonds is 3. The van der Waals surface area contributed by atoms with Crippen LogP contribution in [0, 0.1) is 5.82 Å². The molecule has 0 spiro atoms. The first-order valence-electron chi connectivity index (χ1n) is 4.43. The van der Waals surface area contributed by atoms with E-state index in [1.165, 1.54) is 18.9 Å².